The molecule has 3 rings (SSSR count). The van der Waals surface area contributed by atoms with Gasteiger partial charge in [-0.2, -0.15) is 0 Å². The van der Waals surface area contributed by atoms with Crippen LogP contribution in [0.4, 0.5) is 4.39 Å². The summed E-state index contributed by atoms with van der Waals surface area (Å²) >= 11 is 0. The molecular formula is C17H14FNO2. The maximum atomic E-state index is 13.9. The van der Waals surface area contributed by atoms with Gasteiger partial charge in [-0.05, 0) is 11.6 Å². The number of ether oxygens (including phenoxy) is 1. The van der Waals surface area contributed by atoms with Gasteiger partial charge in [0.2, 0.25) is 0 Å². The van der Waals surface area contributed by atoms with Crippen LogP contribution in [0.5, 0.6) is 5.75 Å². The first-order valence-corrected chi connectivity index (χ1v) is 6.58. The van der Waals surface area contributed by atoms with Crippen LogP contribution >= 0.6 is 0 Å². The molecule has 0 saturated heterocycles. The number of carbonyl (C=O) groups excluding carboxylic acids is 1. The molecule has 0 atom stereocenters. The molecule has 0 radical (unpaired) electrons. The van der Waals surface area contributed by atoms with Gasteiger partial charge in [0.1, 0.15) is 0 Å². The van der Waals surface area contributed by atoms with Crippen molar-refractivity contribution in [3.63, 3.8) is 0 Å². The van der Waals surface area contributed by atoms with Crippen LogP contribution in [0.15, 0.2) is 48.7 Å². The third-order valence-electron chi connectivity index (χ3n) is 3.51. The first kappa shape index (κ1) is 13.4. The van der Waals surface area contributed by atoms with Crippen molar-refractivity contribution in [3.8, 4) is 5.75 Å². The van der Waals surface area contributed by atoms with Gasteiger partial charge >= 0.3 is 0 Å². The smallest absolute Gasteiger partial charge is 0.167 e. The molecule has 1 heterocycles. The summed E-state index contributed by atoms with van der Waals surface area (Å²) in [6.45, 7) is 0.580. The van der Waals surface area contributed by atoms with Crippen LogP contribution in [-0.2, 0) is 6.54 Å². The number of halogens is 1. The maximum Gasteiger partial charge on any atom is 0.167 e. The Labute approximate surface area is 121 Å². The van der Waals surface area contributed by atoms with E-state index in [-0.39, 0.29) is 5.75 Å². The van der Waals surface area contributed by atoms with E-state index in [4.69, 9.17) is 4.74 Å². The zero-order valence-electron chi connectivity index (χ0n) is 11.5. The molecule has 3 nitrogen and oxygen atoms in total. The number of aromatic nitrogens is 1. The summed E-state index contributed by atoms with van der Waals surface area (Å²) in [5.41, 5.74) is 2.29. The van der Waals surface area contributed by atoms with Gasteiger partial charge < -0.3 is 9.30 Å². The predicted octanol–water partition coefficient (Wildman–Crippen LogP) is 3.65. The molecule has 1 aromatic heterocycles. The van der Waals surface area contributed by atoms with Gasteiger partial charge in [0.15, 0.2) is 17.9 Å². The number of rotatable bonds is 4. The molecule has 0 aliphatic heterocycles. The highest BCUT2D eigenvalue weighted by atomic mass is 19.1. The molecule has 0 fully saturated rings. The Kier molecular flexibility index (Phi) is 3.44. The first-order chi connectivity index (χ1) is 10.2. The van der Waals surface area contributed by atoms with Gasteiger partial charge in [-0.1, -0.05) is 30.3 Å². The fraction of sp³-hybridized carbons (Fsp3) is 0.118. The zero-order chi connectivity index (χ0) is 14.8. The Bertz CT molecular complexity index is 793. The second-order valence-corrected chi connectivity index (χ2v) is 4.82. The van der Waals surface area contributed by atoms with E-state index in [0.717, 1.165) is 11.8 Å². The Balaban J connectivity index is 2.15. The molecule has 0 unspecified atom stereocenters. The lowest BCUT2D eigenvalue weighted by molar-refractivity contribution is 0.112. The highest BCUT2D eigenvalue weighted by Gasteiger charge is 2.13. The van der Waals surface area contributed by atoms with Crippen molar-refractivity contribution in [3.05, 3.63) is 65.6 Å². The Morgan fingerprint density at radius 2 is 2.00 bits per heavy atom. The second kappa shape index (κ2) is 5.40. The summed E-state index contributed by atoms with van der Waals surface area (Å²) in [6.07, 6.45) is 2.52. The van der Waals surface area contributed by atoms with Crippen LogP contribution < -0.4 is 4.74 Å². The summed E-state index contributed by atoms with van der Waals surface area (Å²) in [6, 6.07) is 12.8. The van der Waals surface area contributed by atoms with Crippen LogP contribution in [0.2, 0.25) is 0 Å². The van der Waals surface area contributed by atoms with Crippen molar-refractivity contribution >= 4 is 17.2 Å². The van der Waals surface area contributed by atoms with Crippen molar-refractivity contribution in [2.24, 2.45) is 0 Å². The lowest BCUT2D eigenvalue weighted by Crippen LogP contribution is -1.98. The summed E-state index contributed by atoms with van der Waals surface area (Å²) in [7, 11) is 1.41. The predicted molar refractivity (Wildman–Crippen MR) is 79.4 cm³/mol. The molecule has 0 N–H and O–H groups in total. The highest BCUT2D eigenvalue weighted by molar-refractivity contribution is 5.98. The van der Waals surface area contributed by atoms with E-state index in [1.54, 1.807) is 12.3 Å². The van der Waals surface area contributed by atoms with E-state index < -0.39 is 5.82 Å². The van der Waals surface area contributed by atoms with E-state index in [2.05, 4.69) is 0 Å². The summed E-state index contributed by atoms with van der Waals surface area (Å²) in [5.74, 6) is -0.294. The van der Waals surface area contributed by atoms with Gasteiger partial charge in [0.05, 0.1) is 12.6 Å². The molecule has 0 spiro atoms. The second-order valence-electron chi connectivity index (χ2n) is 4.82. The van der Waals surface area contributed by atoms with Gasteiger partial charge in [-0.3, -0.25) is 4.79 Å². The fourth-order valence-electron chi connectivity index (χ4n) is 2.48. The summed E-state index contributed by atoms with van der Waals surface area (Å²) in [4.78, 5) is 11.2. The molecule has 0 amide bonds. The standard InChI is InChI=1S/C17H14FNO2/c1-21-17-7-14-13(11-20)10-19(16(14)8-15(17)18)9-12-5-3-2-4-6-12/h2-8,10-11H,9H2,1H3. The third kappa shape index (κ3) is 2.40. The molecule has 106 valence electrons. The van der Waals surface area contributed by atoms with Crippen LogP contribution in [-0.4, -0.2) is 18.0 Å². The van der Waals surface area contributed by atoms with E-state index in [1.165, 1.54) is 13.2 Å². The van der Waals surface area contributed by atoms with Gasteiger partial charge in [0.25, 0.3) is 0 Å². The molecule has 0 aliphatic rings. The van der Waals surface area contributed by atoms with Crippen molar-refractivity contribution in [2.75, 3.05) is 7.11 Å². The monoisotopic (exact) mass is 283 g/mol. The molecule has 21 heavy (non-hydrogen) atoms. The van der Waals surface area contributed by atoms with Crippen molar-refractivity contribution in [1.29, 1.82) is 0 Å². The lowest BCUT2D eigenvalue weighted by atomic mass is 10.1. The van der Waals surface area contributed by atoms with E-state index in [0.29, 0.717) is 23.0 Å². The molecule has 4 heteroatoms. The Morgan fingerprint density at radius 1 is 1.24 bits per heavy atom. The molecule has 0 saturated carbocycles. The Hall–Kier alpha value is -2.62. The average molecular weight is 283 g/mol. The van der Waals surface area contributed by atoms with Crippen molar-refractivity contribution in [2.45, 2.75) is 6.54 Å². The summed E-state index contributed by atoms with van der Waals surface area (Å²) in [5, 5.41) is 0.694. The molecule has 0 bridgehead atoms. The minimum atomic E-state index is -0.435. The van der Waals surface area contributed by atoms with Gasteiger partial charge in [0, 0.05) is 29.8 Å². The van der Waals surface area contributed by atoms with Crippen molar-refractivity contribution in [1.82, 2.24) is 4.57 Å². The number of hydrogen-bond acceptors (Lipinski definition) is 2. The Morgan fingerprint density at radius 3 is 2.67 bits per heavy atom. The molecule has 2 aromatic carbocycles. The normalized spacial score (nSPS) is 10.8. The topological polar surface area (TPSA) is 31.2 Å². The largest absolute Gasteiger partial charge is 0.494 e. The number of aldehydes is 1. The van der Waals surface area contributed by atoms with Gasteiger partial charge in [-0.25, -0.2) is 4.39 Å². The fourth-order valence-corrected chi connectivity index (χ4v) is 2.48. The molecular weight excluding hydrogens is 269 g/mol. The maximum absolute atomic E-state index is 13.9. The average Bonchev–Trinajstić information content (AvgIpc) is 2.84. The van der Waals surface area contributed by atoms with Gasteiger partial charge in [-0.15, -0.1) is 0 Å². The number of carbonyl (C=O) groups is 1. The van der Waals surface area contributed by atoms with Crippen LogP contribution in [0, 0.1) is 5.82 Å². The molecule has 3 aromatic rings. The minimum absolute atomic E-state index is 0.142. The number of methoxy groups -OCH3 is 1. The van der Waals surface area contributed by atoms with E-state index in [9.17, 15) is 9.18 Å². The van der Waals surface area contributed by atoms with E-state index in [1.807, 2.05) is 34.9 Å². The number of hydrogen-bond donors (Lipinski definition) is 0. The van der Waals surface area contributed by atoms with Crippen LogP contribution in [0.25, 0.3) is 10.9 Å². The zero-order valence-corrected chi connectivity index (χ0v) is 11.5. The van der Waals surface area contributed by atoms with Crippen molar-refractivity contribution < 1.29 is 13.9 Å². The lowest BCUT2D eigenvalue weighted by Gasteiger charge is -2.07. The molecule has 0 aliphatic carbocycles. The summed E-state index contributed by atoms with van der Waals surface area (Å²) < 4.78 is 20.8. The minimum Gasteiger partial charge on any atom is -0.494 e. The third-order valence-corrected chi connectivity index (χ3v) is 3.51. The number of nitrogens with zero attached hydrogens (tertiary/aromatic N) is 1. The van der Waals surface area contributed by atoms with Crippen LogP contribution in [0.3, 0.4) is 0 Å². The van der Waals surface area contributed by atoms with Crippen LogP contribution in [0.1, 0.15) is 15.9 Å². The highest BCUT2D eigenvalue weighted by Crippen LogP contribution is 2.28. The SMILES string of the molecule is COc1cc2c(C=O)cn(Cc3ccccc3)c2cc1F. The first-order valence-electron chi connectivity index (χ1n) is 6.58. The number of fused-ring (bicyclic) bond motifs is 1. The quantitative estimate of drug-likeness (QED) is 0.684. The number of benzene rings is 2. The van der Waals surface area contributed by atoms with E-state index >= 15 is 0 Å².